The van der Waals surface area contributed by atoms with Crippen molar-refractivity contribution in [3.8, 4) is 11.1 Å². The number of carboxylic acid groups (broad SMARTS) is 1. The molecule has 0 saturated carbocycles. The molecule has 146 valence electrons. The first-order valence-corrected chi connectivity index (χ1v) is 9.55. The number of benzene rings is 2. The molecule has 0 atom stereocenters. The first-order valence-electron chi connectivity index (χ1n) is 8.67. The van der Waals surface area contributed by atoms with Gasteiger partial charge in [-0.3, -0.25) is 4.79 Å². The molecule has 29 heavy (non-hydrogen) atoms. The fourth-order valence-corrected chi connectivity index (χ4v) is 4.20. The Hall–Kier alpha value is -3.32. The normalized spacial score (nSPS) is 11.1. The Morgan fingerprint density at radius 1 is 1.07 bits per heavy atom. The van der Waals surface area contributed by atoms with E-state index >= 15 is 0 Å². The maximum Gasteiger partial charge on any atom is 0.337 e. The van der Waals surface area contributed by atoms with Crippen LogP contribution in [-0.2, 0) is 6.42 Å². The van der Waals surface area contributed by atoms with Gasteiger partial charge >= 0.3 is 5.97 Å². The molecule has 0 fully saturated rings. The number of rotatable bonds is 5. The van der Waals surface area contributed by atoms with Crippen LogP contribution in [0, 0.1) is 18.6 Å². The number of hydrogen-bond acceptors (Lipinski definition) is 4. The average Bonchev–Trinajstić information content (AvgIpc) is 3.30. The Bertz CT molecular complexity index is 1240. The quantitative estimate of drug-likeness (QED) is 0.416. The van der Waals surface area contributed by atoms with Crippen LogP contribution in [0.25, 0.3) is 22.1 Å². The number of carbonyl (C=O) groups excluding carboxylic acids is 1. The van der Waals surface area contributed by atoms with Gasteiger partial charge in [-0.05, 0) is 30.0 Å². The number of para-hydroxylation sites is 1. The number of furan rings is 1. The van der Waals surface area contributed by atoms with Crippen molar-refractivity contribution in [2.45, 2.75) is 13.3 Å². The summed E-state index contributed by atoms with van der Waals surface area (Å²) in [4.78, 5) is 24.8. The van der Waals surface area contributed by atoms with Crippen LogP contribution in [0.3, 0.4) is 0 Å². The Balaban J connectivity index is 1.73. The zero-order chi connectivity index (χ0) is 20.7. The lowest BCUT2D eigenvalue weighted by atomic mass is 9.99. The molecule has 0 bridgehead atoms. The number of hydrogen-bond donors (Lipinski definition) is 1. The average molecular weight is 412 g/mol. The highest BCUT2D eigenvalue weighted by atomic mass is 32.1. The minimum Gasteiger partial charge on any atom is -0.478 e. The van der Waals surface area contributed by atoms with E-state index in [-0.39, 0.29) is 39.3 Å². The predicted octanol–water partition coefficient (Wildman–Crippen LogP) is 5.87. The third-order valence-corrected chi connectivity index (χ3v) is 5.65. The molecule has 2 aromatic carbocycles. The molecule has 4 rings (SSSR count). The second-order valence-electron chi connectivity index (χ2n) is 6.56. The van der Waals surface area contributed by atoms with Gasteiger partial charge in [0, 0.05) is 27.8 Å². The summed E-state index contributed by atoms with van der Waals surface area (Å²) < 4.78 is 33.9. The van der Waals surface area contributed by atoms with Crippen molar-refractivity contribution in [1.82, 2.24) is 0 Å². The van der Waals surface area contributed by atoms with Crippen molar-refractivity contribution in [2.24, 2.45) is 0 Å². The highest BCUT2D eigenvalue weighted by Crippen LogP contribution is 2.35. The monoisotopic (exact) mass is 412 g/mol. The summed E-state index contributed by atoms with van der Waals surface area (Å²) in [5.41, 5.74) is 0.370. The Labute approximate surface area is 168 Å². The van der Waals surface area contributed by atoms with Crippen molar-refractivity contribution >= 4 is 34.1 Å². The first-order chi connectivity index (χ1) is 13.9. The smallest absolute Gasteiger partial charge is 0.337 e. The fourth-order valence-electron chi connectivity index (χ4n) is 3.17. The first kappa shape index (κ1) is 19.0. The summed E-state index contributed by atoms with van der Waals surface area (Å²) in [6.07, 6.45) is -0.220. The van der Waals surface area contributed by atoms with Crippen molar-refractivity contribution in [3.05, 3.63) is 81.2 Å². The number of carboxylic acids is 1. The van der Waals surface area contributed by atoms with Gasteiger partial charge in [-0.25, -0.2) is 13.6 Å². The third-order valence-electron chi connectivity index (χ3n) is 4.67. The summed E-state index contributed by atoms with van der Waals surface area (Å²) in [6.45, 7) is 1.42. The largest absolute Gasteiger partial charge is 0.478 e. The number of thiophene rings is 1. The van der Waals surface area contributed by atoms with E-state index in [9.17, 15) is 23.5 Å². The zero-order valence-electron chi connectivity index (χ0n) is 15.2. The maximum absolute atomic E-state index is 14.4. The van der Waals surface area contributed by atoms with Crippen LogP contribution in [0.15, 0.2) is 52.3 Å². The number of carbonyl (C=O) groups is 2. The van der Waals surface area contributed by atoms with Crippen molar-refractivity contribution in [1.29, 1.82) is 0 Å². The van der Waals surface area contributed by atoms with Gasteiger partial charge in [-0.1, -0.05) is 30.3 Å². The van der Waals surface area contributed by atoms with E-state index in [0.717, 1.165) is 16.7 Å². The van der Waals surface area contributed by atoms with E-state index in [2.05, 4.69) is 0 Å². The van der Waals surface area contributed by atoms with E-state index in [4.69, 9.17) is 4.42 Å². The lowest BCUT2D eigenvalue weighted by molar-refractivity contribution is 0.0697. The molecule has 4 aromatic rings. The van der Waals surface area contributed by atoms with Gasteiger partial charge in [0.25, 0.3) is 0 Å². The minimum atomic E-state index is -1.31. The minimum absolute atomic E-state index is 0.0475. The van der Waals surface area contributed by atoms with Crippen molar-refractivity contribution in [3.63, 3.8) is 0 Å². The molecular weight excluding hydrogens is 398 g/mol. The van der Waals surface area contributed by atoms with Gasteiger partial charge in [-0.15, -0.1) is 11.3 Å². The van der Waals surface area contributed by atoms with E-state index < -0.39 is 23.4 Å². The molecule has 2 aromatic heterocycles. The molecule has 2 heterocycles. The zero-order valence-corrected chi connectivity index (χ0v) is 16.0. The van der Waals surface area contributed by atoms with Crippen LogP contribution >= 0.6 is 11.3 Å². The molecule has 7 heteroatoms. The van der Waals surface area contributed by atoms with Crippen molar-refractivity contribution in [2.75, 3.05) is 0 Å². The summed E-state index contributed by atoms with van der Waals surface area (Å²) in [5, 5.41) is 11.9. The third kappa shape index (κ3) is 3.34. The van der Waals surface area contributed by atoms with Crippen LogP contribution in [0.5, 0.6) is 0 Å². The van der Waals surface area contributed by atoms with Crippen LogP contribution in [0.2, 0.25) is 0 Å². The van der Waals surface area contributed by atoms with E-state index in [1.54, 1.807) is 24.3 Å². The van der Waals surface area contributed by atoms with Gasteiger partial charge in [0.2, 0.25) is 5.78 Å². The Morgan fingerprint density at radius 3 is 2.55 bits per heavy atom. The van der Waals surface area contributed by atoms with E-state index in [1.807, 2.05) is 6.07 Å². The van der Waals surface area contributed by atoms with Gasteiger partial charge in [0.15, 0.2) is 17.4 Å². The summed E-state index contributed by atoms with van der Waals surface area (Å²) in [5.74, 6) is -3.72. The molecule has 0 aliphatic heterocycles. The number of halogens is 2. The van der Waals surface area contributed by atoms with E-state index in [1.165, 1.54) is 24.4 Å². The molecule has 0 amide bonds. The second-order valence-corrected chi connectivity index (χ2v) is 7.52. The number of aryl methyl sites for hydroxylation is 1. The molecule has 0 saturated heterocycles. The van der Waals surface area contributed by atoms with Crippen LogP contribution < -0.4 is 0 Å². The molecule has 0 aliphatic rings. The molecule has 0 unspecified atom stereocenters. The van der Waals surface area contributed by atoms with E-state index in [0.29, 0.717) is 5.58 Å². The van der Waals surface area contributed by atoms with Crippen LogP contribution in [0.4, 0.5) is 8.78 Å². The molecule has 0 aliphatic carbocycles. The van der Waals surface area contributed by atoms with Crippen molar-refractivity contribution < 1.29 is 27.9 Å². The standard InChI is InChI=1S/C22H14F2O4S/c1-11-6-7-13(21(24)20(11)23)14-10-29-18(19(14)22(26)27)9-15(25)17-8-12-4-2-3-5-16(12)28-17/h2-8,10H,9H2,1H3,(H,26,27). The lowest BCUT2D eigenvalue weighted by Crippen LogP contribution is -2.07. The number of Topliss-reactive ketones (excluding diaryl/α,β-unsaturated/α-hetero) is 1. The maximum atomic E-state index is 14.4. The van der Waals surface area contributed by atoms with Gasteiger partial charge in [0.1, 0.15) is 5.58 Å². The topological polar surface area (TPSA) is 67.5 Å². The summed E-state index contributed by atoms with van der Waals surface area (Å²) in [7, 11) is 0. The van der Waals surface area contributed by atoms with Gasteiger partial charge in [-0.2, -0.15) is 0 Å². The molecule has 0 spiro atoms. The molecular formula is C22H14F2O4S. The predicted molar refractivity (Wildman–Crippen MR) is 106 cm³/mol. The summed E-state index contributed by atoms with van der Waals surface area (Å²) in [6, 6.07) is 11.5. The fraction of sp³-hybridized carbons (Fsp3) is 0.0909. The highest BCUT2D eigenvalue weighted by molar-refractivity contribution is 7.11. The number of ketones is 1. The SMILES string of the molecule is Cc1ccc(-c2csc(CC(=O)c3cc4ccccc4o3)c2C(=O)O)c(F)c1F. The second kappa shape index (κ2) is 7.25. The van der Waals surface area contributed by atoms with Gasteiger partial charge in [0.05, 0.1) is 5.56 Å². The highest BCUT2D eigenvalue weighted by Gasteiger charge is 2.25. The number of fused-ring (bicyclic) bond motifs is 1. The lowest BCUT2D eigenvalue weighted by Gasteiger charge is -2.07. The number of aromatic carboxylic acids is 1. The van der Waals surface area contributed by atoms with Gasteiger partial charge < -0.3 is 9.52 Å². The van der Waals surface area contributed by atoms with Crippen LogP contribution in [-0.4, -0.2) is 16.9 Å². The molecule has 4 nitrogen and oxygen atoms in total. The molecule has 0 radical (unpaired) electrons. The Kier molecular flexibility index (Phi) is 4.76. The molecule has 1 N–H and O–H groups in total. The van der Waals surface area contributed by atoms with Crippen LogP contribution in [0.1, 0.15) is 31.4 Å². The summed E-state index contributed by atoms with van der Waals surface area (Å²) >= 11 is 1.02. The Morgan fingerprint density at radius 2 is 1.83 bits per heavy atom.